The van der Waals surface area contributed by atoms with Crippen LogP contribution >= 0.6 is 0 Å². The lowest BCUT2D eigenvalue weighted by Gasteiger charge is -2.12. The van der Waals surface area contributed by atoms with Gasteiger partial charge in [-0.3, -0.25) is 0 Å². The molecular formula is C18H12N2. The molecule has 0 N–H and O–H groups in total. The Morgan fingerprint density at radius 2 is 1.70 bits per heavy atom. The van der Waals surface area contributed by atoms with Gasteiger partial charge in [0.2, 0.25) is 0 Å². The van der Waals surface area contributed by atoms with Crippen LogP contribution in [0.15, 0.2) is 54.6 Å². The second-order valence-electron chi connectivity index (χ2n) is 5.06. The molecule has 3 aromatic rings. The molecule has 0 atom stereocenters. The predicted molar refractivity (Wildman–Crippen MR) is 82.8 cm³/mol. The molecule has 94 valence electrons. The summed E-state index contributed by atoms with van der Waals surface area (Å²) < 4.78 is 0. The Kier molecular flexibility index (Phi) is 2.32. The molecule has 0 unspecified atom stereocenters. The molecule has 0 aromatic heterocycles. The molecule has 2 nitrogen and oxygen atoms in total. The Hall–Kier alpha value is -2.70. The Bertz CT molecular complexity index is 929. The van der Waals surface area contributed by atoms with E-state index in [0.717, 1.165) is 16.8 Å². The van der Waals surface area contributed by atoms with Crippen molar-refractivity contribution < 1.29 is 4.79 Å². The van der Waals surface area contributed by atoms with Crippen LogP contribution in [-0.4, -0.2) is 10.5 Å². The molecule has 3 aromatic carbocycles. The molecule has 0 heterocycles. The fourth-order valence-electron chi connectivity index (χ4n) is 3.04. The zero-order valence-electron chi connectivity index (χ0n) is 10.9. The standard InChI is InChI=1S/C18H12N2/c19-20-18-7-3-6-14-16-9-8-12-4-1-2-5-13(12)15(16)10-11-17(14)18/h1-6,8-11H,7H2. The van der Waals surface area contributed by atoms with E-state index in [1.54, 1.807) is 0 Å². The van der Waals surface area contributed by atoms with E-state index >= 15 is 0 Å². The zero-order valence-corrected chi connectivity index (χ0v) is 10.9. The summed E-state index contributed by atoms with van der Waals surface area (Å²) in [5.41, 5.74) is 12.0. The molecule has 0 spiro atoms. The van der Waals surface area contributed by atoms with Crippen molar-refractivity contribution in [3.05, 3.63) is 71.3 Å². The lowest BCUT2D eigenvalue weighted by molar-refractivity contribution is -0.00605. The first-order chi connectivity index (χ1) is 9.88. The molecule has 0 aliphatic heterocycles. The van der Waals surface area contributed by atoms with Crippen molar-refractivity contribution in [3.63, 3.8) is 0 Å². The number of hydrogen-bond acceptors (Lipinski definition) is 0. The topological polar surface area (TPSA) is 36.4 Å². The average Bonchev–Trinajstić information content (AvgIpc) is 2.53. The van der Waals surface area contributed by atoms with Crippen LogP contribution in [0, 0.1) is 0 Å². The van der Waals surface area contributed by atoms with Crippen molar-refractivity contribution in [1.29, 1.82) is 0 Å². The third-order valence-corrected chi connectivity index (χ3v) is 4.00. The number of benzene rings is 3. The third kappa shape index (κ3) is 1.46. The summed E-state index contributed by atoms with van der Waals surface area (Å²) in [6, 6.07) is 16.9. The van der Waals surface area contributed by atoms with Gasteiger partial charge in [0.25, 0.3) is 0 Å². The van der Waals surface area contributed by atoms with E-state index in [-0.39, 0.29) is 0 Å². The van der Waals surface area contributed by atoms with Crippen LogP contribution in [0.2, 0.25) is 0 Å². The largest absolute Gasteiger partial charge is 0.361 e. The molecule has 0 bridgehead atoms. The second-order valence-corrected chi connectivity index (χ2v) is 5.06. The highest BCUT2D eigenvalue weighted by Gasteiger charge is 2.20. The maximum Gasteiger partial charge on any atom is 0.303 e. The molecule has 0 saturated carbocycles. The van der Waals surface area contributed by atoms with Gasteiger partial charge in [-0.05, 0) is 33.2 Å². The smallest absolute Gasteiger partial charge is 0.303 e. The van der Waals surface area contributed by atoms with Crippen LogP contribution in [0.4, 0.5) is 0 Å². The lowest BCUT2D eigenvalue weighted by Crippen LogP contribution is -2.07. The first-order valence-electron chi connectivity index (χ1n) is 6.71. The van der Waals surface area contributed by atoms with Gasteiger partial charge in [-0.15, -0.1) is 0 Å². The van der Waals surface area contributed by atoms with E-state index in [2.05, 4.69) is 59.4 Å². The van der Waals surface area contributed by atoms with Gasteiger partial charge in [0.05, 0.1) is 12.0 Å². The Balaban J connectivity index is 2.19. The number of nitrogens with zero attached hydrogens (tertiary/aromatic N) is 2. The van der Waals surface area contributed by atoms with Crippen molar-refractivity contribution >= 4 is 33.3 Å². The van der Waals surface area contributed by atoms with Gasteiger partial charge in [-0.1, -0.05) is 54.6 Å². The minimum atomic E-state index is 0.683. The quantitative estimate of drug-likeness (QED) is 0.324. The predicted octanol–water partition coefficient (Wildman–Crippen LogP) is 4.43. The van der Waals surface area contributed by atoms with Gasteiger partial charge in [-0.2, -0.15) is 4.79 Å². The Morgan fingerprint density at radius 3 is 2.60 bits per heavy atom. The summed E-state index contributed by atoms with van der Waals surface area (Å²) in [6.07, 6.45) is 4.86. The molecule has 0 radical (unpaired) electrons. The van der Waals surface area contributed by atoms with E-state index in [1.807, 2.05) is 6.08 Å². The van der Waals surface area contributed by atoms with Crippen LogP contribution < -0.4 is 0 Å². The fraction of sp³-hybridized carbons (Fsp3) is 0.0556. The summed E-state index contributed by atoms with van der Waals surface area (Å²) in [4.78, 5) is 3.42. The maximum absolute atomic E-state index is 9.14. The van der Waals surface area contributed by atoms with Crippen LogP contribution in [0.25, 0.3) is 33.2 Å². The number of fused-ring (bicyclic) bond motifs is 5. The third-order valence-electron chi connectivity index (χ3n) is 4.00. The van der Waals surface area contributed by atoms with E-state index in [4.69, 9.17) is 5.53 Å². The summed E-state index contributed by atoms with van der Waals surface area (Å²) in [5.74, 6) is 0. The summed E-state index contributed by atoms with van der Waals surface area (Å²) in [6.45, 7) is 0. The Labute approximate surface area is 116 Å². The Morgan fingerprint density at radius 1 is 0.850 bits per heavy atom. The minimum Gasteiger partial charge on any atom is -0.361 e. The van der Waals surface area contributed by atoms with Crippen molar-refractivity contribution in [3.8, 4) is 0 Å². The second kappa shape index (κ2) is 4.16. The van der Waals surface area contributed by atoms with Gasteiger partial charge in [0.15, 0.2) is 0 Å². The van der Waals surface area contributed by atoms with Crippen LogP contribution in [0.3, 0.4) is 0 Å². The minimum absolute atomic E-state index is 0.683. The maximum atomic E-state index is 9.14. The van der Waals surface area contributed by atoms with Crippen molar-refractivity contribution in [2.45, 2.75) is 6.42 Å². The summed E-state index contributed by atoms with van der Waals surface area (Å²) >= 11 is 0. The highest BCUT2D eigenvalue weighted by atomic mass is 14.9. The molecule has 0 fully saturated rings. The molecule has 20 heavy (non-hydrogen) atoms. The number of allylic oxidation sites excluding steroid dienone is 1. The van der Waals surface area contributed by atoms with Gasteiger partial charge >= 0.3 is 5.71 Å². The fourth-order valence-corrected chi connectivity index (χ4v) is 3.04. The first kappa shape index (κ1) is 11.2. The van der Waals surface area contributed by atoms with E-state index < -0.39 is 0 Å². The van der Waals surface area contributed by atoms with Crippen molar-refractivity contribution in [1.82, 2.24) is 0 Å². The van der Waals surface area contributed by atoms with Crippen molar-refractivity contribution in [2.24, 2.45) is 0 Å². The molecule has 0 amide bonds. The van der Waals surface area contributed by atoms with E-state index in [0.29, 0.717) is 6.42 Å². The first-order valence-corrected chi connectivity index (χ1v) is 6.71. The van der Waals surface area contributed by atoms with Gasteiger partial charge < -0.3 is 5.53 Å². The van der Waals surface area contributed by atoms with Gasteiger partial charge in [0.1, 0.15) is 0 Å². The number of hydrogen-bond donors (Lipinski definition) is 0. The highest BCUT2D eigenvalue weighted by Crippen LogP contribution is 2.32. The molecule has 4 rings (SSSR count). The van der Waals surface area contributed by atoms with Crippen molar-refractivity contribution in [2.75, 3.05) is 0 Å². The molecule has 1 aliphatic carbocycles. The molecular weight excluding hydrogens is 244 g/mol. The average molecular weight is 256 g/mol. The summed E-state index contributed by atoms with van der Waals surface area (Å²) in [7, 11) is 0. The normalized spacial score (nSPS) is 13.5. The van der Waals surface area contributed by atoms with E-state index in [1.165, 1.54) is 21.5 Å². The lowest BCUT2D eigenvalue weighted by atomic mass is 9.89. The monoisotopic (exact) mass is 256 g/mol. The van der Waals surface area contributed by atoms with Crippen LogP contribution in [0.5, 0.6) is 0 Å². The molecule has 1 aliphatic rings. The van der Waals surface area contributed by atoms with Crippen LogP contribution in [-0.2, 0) is 0 Å². The number of rotatable bonds is 0. The molecule has 0 saturated heterocycles. The highest BCUT2D eigenvalue weighted by molar-refractivity contribution is 6.15. The molecule has 2 heteroatoms. The van der Waals surface area contributed by atoms with E-state index in [9.17, 15) is 0 Å². The SMILES string of the molecule is [N-]=[N+]=C1CC=Cc2c1ccc1c2ccc2ccccc21. The summed E-state index contributed by atoms with van der Waals surface area (Å²) in [5, 5.41) is 4.95. The van der Waals surface area contributed by atoms with Gasteiger partial charge in [0, 0.05) is 0 Å². The van der Waals surface area contributed by atoms with Crippen LogP contribution in [0.1, 0.15) is 17.5 Å². The zero-order chi connectivity index (χ0) is 13.5. The van der Waals surface area contributed by atoms with Gasteiger partial charge in [-0.25, -0.2) is 0 Å².